The second kappa shape index (κ2) is 9.71. The van der Waals surface area contributed by atoms with Crippen LogP contribution in [0.5, 0.6) is 0 Å². The van der Waals surface area contributed by atoms with Gasteiger partial charge in [-0.05, 0) is 19.5 Å². The van der Waals surface area contributed by atoms with Gasteiger partial charge in [-0.15, -0.1) is 0 Å². The lowest BCUT2D eigenvalue weighted by Gasteiger charge is -2.39. The van der Waals surface area contributed by atoms with Gasteiger partial charge in [0.25, 0.3) is 0 Å². The van der Waals surface area contributed by atoms with Crippen molar-refractivity contribution in [2.75, 3.05) is 57.1 Å². The van der Waals surface area contributed by atoms with Crippen LogP contribution in [0.25, 0.3) is 44.1 Å². The molecule has 0 bridgehead atoms. The number of halogens is 2. The Hall–Kier alpha value is -4.62. The zero-order valence-electron chi connectivity index (χ0n) is 23.8. The molecule has 0 saturated carbocycles. The van der Waals surface area contributed by atoms with Crippen molar-refractivity contribution in [1.29, 1.82) is 0 Å². The van der Waals surface area contributed by atoms with Crippen LogP contribution in [0.3, 0.4) is 0 Å². The van der Waals surface area contributed by atoms with Gasteiger partial charge in [0.2, 0.25) is 5.43 Å². The predicted molar refractivity (Wildman–Crippen MR) is 159 cm³/mol. The summed E-state index contributed by atoms with van der Waals surface area (Å²) < 4.78 is 38.4. The third-order valence-corrected chi connectivity index (χ3v) is 8.66. The number of aromatic amines is 1. The molecular formula is C30H29F2N7O4. The maximum atomic E-state index is 15.7. The Balaban J connectivity index is 1.52. The number of morpholine rings is 1. The highest BCUT2D eigenvalue weighted by Gasteiger charge is 2.43. The van der Waals surface area contributed by atoms with E-state index in [4.69, 9.17) is 4.74 Å². The number of carboxylic acid groups (broad SMARTS) is 1. The molecule has 5 aromatic rings. The fourth-order valence-electron chi connectivity index (χ4n) is 6.66. The average Bonchev–Trinajstić information content (AvgIpc) is 3.57. The number of aromatic nitrogens is 4. The van der Waals surface area contributed by atoms with E-state index in [9.17, 15) is 19.1 Å². The zero-order valence-corrected chi connectivity index (χ0v) is 23.8. The highest BCUT2D eigenvalue weighted by Crippen LogP contribution is 2.45. The largest absolute Gasteiger partial charge is 0.477 e. The minimum absolute atomic E-state index is 0.0594. The quantitative estimate of drug-likeness (QED) is 0.288. The first-order valence-corrected chi connectivity index (χ1v) is 13.9. The molecule has 2 saturated heterocycles. The Morgan fingerprint density at radius 3 is 2.70 bits per heavy atom. The van der Waals surface area contributed by atoms with Crippen molar-refractivity contribution in [1.82, 2.24) is 24.4 Å². The number of fused-ring (bicyclic) bond motifs is 4. The number of aryl methyl sites for hydroxylation is 1. The van der Waals surface area contributed by atoms with Gasteiger partial charge in [0.1, 0.15) is 16.9 Å². The smallest absolute Gasteiger partial charge is 0.341 e. The third-order valence-electron chi connectivity index (χ3n) is 8.66. The van der Waals surface area contributed by atoms with Crippen molar-refractivity contribution in [3.63, 3.8) is 0 Å². The van der Waals surface area contributed by atoms with Gasteiger partial charge in [-0.2, -0.15) is 0 Å². The number of hydrogen-bond donors (Lipinski definition) is 3. The molecule has 4 aromatic heterocycles. The van der Waals surface area contributed by atoms with E-state index in [1.54, 1.807) is 32.6 Å². The van der Waals surface area contributed by atoms with E-state index < -0.39 is 28.6 Å². The summed E-state index contributed by atoms with van der Waals surface area (Å²) in [7, 11) is 5.30. The van der Waals surface area contributed by atoms with Crippen molar-refractivity contribution >= 4 is 50.3 Å². The second-order valence-corrected chi connectivity index (χ2v) is 11.4. The predicted octanol–water partition coefficient (Wildman–Crippen LogP) is 3.56. The van der Waals surface area contributed by atoms with Gasteiger partial charge >= 0.3 is 5.97 Å². The molecule has 0 unspecified atom stereocenters. The first-order valence-electron chi connectivity index (χ1n) is 13.9. The van der Waals surface area contributed by atoms with Crippen LogP contribution < -0.4 is 15.6 Å². The van der Waals surface area contributed by atoms with Crippen LogP contribution in [0.4, 0.5) is 20.2 Å². The van der Waals surface area contributed by atoms with Gasteiger partial charge in [0.15, 0.2) is 11.6 Å². The van der Waals surface area contributed by atoms with Crippen LogP contribution in [0, 0.1) is 11.6 Å². The molecule has 13 heteroatoms. The maximum Gasteiger partial charge on any atom is 0.341 e. The number of carbonyl (C=O) groups is 1. The highest BCUT2D eigenvalue weighted by molar-refractivity contribution is 6.18. The van der Waals surface area contributed by atoms with Gasteiger partial charge in [-0.1, -0.05) is 0 Å². The number of pyridine rings is 3. The lowest BCUT2D eigenvalue weighted by atomic mass is 10.00. The number of H-pyrrole nitrogens is 1. The fraction of sp³-hybridized carbons (Fsp3) is 0.333. The van der Waals surface area contributed by atoms with Gasteiger partial charge < -0.3 is 34.5 Å². The maximum absolute atomic E-state index is 15.7. The van der Waals surface area contributed by atoms with Gasteiger partial charge in [-0.25, -0.2) is 23.5 Å². The molecular weight excluding hydrogens is 560 g/mol. The number of anilines is 2. The molecule has 3 N–H and O–H groups in total. The number of nitrogens with one attached hydrogen (secondary N) is 2. The molecule has 1 atom stereocenters. The van der Waals surface area contributed by atoms with Crippen LogP contribution in [0.2, 0.25) is 0 Å². The molecule has 11 nitrogen and oxygen atoms in total. The fourth-order valence-corrected chi connectivity index (χ4v) is 6.66. The summed E-state index contributed by atoms with van der Waals surface area (Å²) >= 11 is 0. The topological polar surface area (TPSA) is 129 Å². The van der Waals surface area contributed by atoms with Gasteiger partial charge in [0, 0.05) is 76.1 Å². The normalized spacial score (nSPS) is 19.3. The van der Waals surface area contributed by atoms with Crippen molar-refractivity contribution in [3.05, 3.63) is 58.1 Å². The molecule has 6 heterocycles. The Labute approximate surface area is 243 Å². The molecule has 1 spiro atoms. The summed E-state index contributed by atoms with van der Waals surface area (Å²) in [5, 5.41) is 13.1. The molecule has 43 heavy (non-hydrogen) atoms. The van der Waals surface area contributed by atoms with Gasteiger partial charge in [0.05, 0.1) is 45.3 Å². The Morgan fingerprint density at radius 1 is 1.14 bits per heavy atom. The number of carboxylic acids is 1. The minimum atomic E-state index is -1.34. The molecule has 7 rings (SSSR count). The highest BCUT2D eigenvalue weighted by atomic mass is 19.2. The molecule has 2 aliphatic heterocycles. The van der Waals surface area contributed by atoms with E-state index >= 15 is 4.39 Å². The molecule has 0 radical (unpaired) electrons. The molecule has 1 aromatic carbocycles. The van der Waals surface area contributed by atoms with Crippen LogP contribution >= 0.6 is 0 Å². The lowest BCUT2D eigenvalue weighted by molar-refractivity contribution is -0.0885. The number of rotatable bonds is 4. The van der Waals surface area contributed by atoms with Crippen molar-refractivity contribution < 1.29 is 23.4 Å². The summed E-state index contributed by atoms with van der Waals surface area (Å²) in [6.07, 6.45) is 5.16. The summed E-state index contributed by atoms with van der Waals surface area (Å²) in [5.74, 6) is -3.34. The SMILES string of the molecule is CNc1cc(F)c(F)c2c1[nH]c1ncc(-c3cnc4c(c3)c(=O)c(C(=O)O)cn4C)c(N3CC[C@@]4(CN(C)CCO4)C3)c12. The van der Waals surface area contributed by atoms with E-state index in [0.29, 0.717) is 64.4 Å². The number of aromatic carboxylic acids is 1. The van der Waals surface area contributed by atoms with Gasteiger partial charge in [-0.3, -0.25) is 4.79 Å². The molecule has 2 fully saturated rings. The van der Waals surface area contributed by atoms with Crippen LogP contribution in [0.1, 0.15) is 16.8 Å². The van der Waals surface area contributed by atoms with E-state index in [0.717, 1.165) is 25.6 Å². The Kier molecular flexibility index (Phi) is 6.15. The lowest BCUT2D eigenvalue weighted by Crippen LogP contribution is -2.52. The molecule has 2 aliphatic rings. The third kappa shape index (κ3) is 4.13. The second-order valence-electron chi connectivity index (χ2n) is 11.4. The minimum Gasteiger partial charge on any atom is -0.477 e. The van der Waals surface area contributed by atoms with Crippen molar-refractivity contribution in [2.45, 2.75) is 12.0 Å². The van der Waals surface area contributed by atoms with Crippen LogP contribution in [-0.4, -0.2) is 88.0 Å². The van der Waals surface area contributed by atoms with E-state index in [-0.39, 0.29) is 16.3 Å². The van der Waals surface area contributed by atoms with E-state index in [1.165, 1.54) is 10.8 Å². The molecule has 222 valence electrons. The number of benzene rings is 1. The monoisotopic (exact) mass is 589 g/mol. The first kappa shape index (κ1) is 27.2. The van der Waals surface area contributed by atoms with Crippen molar-refractivity contribution in [3.8, 4) is 11.1 Å². The van der Waals surface area contributed by atoms with Crippen molar-refractivity contribution in [2.24, 2.45) is 7.05 Å². The summed E-state index contributed by atoms with van der Waals surface area (Å²) in [6, 6.07) is 2.69. The first-order chi connectivity index (χ1) is 20.6. The standard InChI is InChI=1S/C30H29F2N7O4/c1-33-20-9-19(31)23(32)21-22-25(39-5-4-30(14-39)13-37(2)6-7-43-30)17(11-34-27(22)36-24(20)21)15-8-16-26(40)18(29(41)42)12-38(3)28(16)35-10-15/h8-12,33H,4-7,13-14H2,1-3H3,(H,34,36)(H,41,42)/t30-/m1/s1. The molecule has 0 amide bonds. The van der Waals surface area contributed by atoms with E-state index in [1.807, 2.05) is 7.05 Å². The van der Waals surface area contributed by atoms with E-state index in [2.05, 4.69) is 30.1 Å². The van der Waals surface area contributed by atoms with Crippen LogP contribution in [-0.2, 0) is 11.8 Å². The Morgan fingerprint density at radius 2 is 1.95 bits per heavy atom. The summed E-state index contributed by atoms with van der Waals surface area (Å²) in [5.41, 5.74) is 1.58. The number of likely N-dealkylation sites (N-methyl/N-ethyl adjacent to an activating group) is 1. The summed E-state index contributed by atoms with van der Waals surface area (Å²) in [4.78, 5) is 41.6. The number of nitrogens with zero attached hydrogens (tertiary/aromatic N) is 5. The summed E-state index contributed by atoms with van der Waals surface area (Å²) in [6.45, 7) is 3.21. The Bertz CT molecular complexity index is 2040. The zero-order chi connectivity index (χ0) is 30.2. The average molecular weight is 590 g/mol. The molecule has 0 aliphatic carbocycles. The number of hydrogen-bond acceptors (Lipinski definition) is 8. The van der Waals surface area contributed by atoms with Crippen LogP contribution in [0.15, 0.2) is 35.5 Å². The number of ether oxygens (including phenoxy) is 1.